The fourth-order valence-electron chi connectivity index (χ4n) is 3.24. The SMILES string of the molecule is CCc1oc2ccccc2c1CN(C)C(=O)c1ccc(S(=O)(=O)NCCC#N)cc1. The average molecular weight is 426 g/mol. The van der Waals surface area contributed by atoms with Crippen molar-refractivity contribution in [3.8, 4) is 6.07 Å². The van der Waals surface area contributed by atoms with Crippen LogP contribution in [0.25, 0.3) is 11.0 Å². The molecular weight excluding hydrogens is 402 g/mol. The number of para-hydroxylation sites is 1. The highest BCUT2D eigenvalue weighted by molar-refractivity contribution is 7.89. The number of hydrogen-bond donors (Lipinski definition) is 1. The van der Waals surface area contributed by atoms with Crippen molar-refractivity contribution in [2.75, 3.05) is 13.6 Å². The first kappa shape index (κ1) is 21.6. The second-order valence-corrected chi connectivity index (χ2v) is 8.61. The van der Waals surface area contributed by atoms with Crippen LogP contribution in [-0.2, 0) is 23.0 Å². The second-order valence-electron chi connectivity index (χ2n) is 6.84. The molecule has 1 aromatic heterocycles. The number of aryl methyl sites for hydroxylation is 1. The first-order chi connectivity index (χ1) is 14.4. The van der Waals surface area contributed by atoms with Gasteiger partial charge in [-0.15, -0.1) is 0 Å². The molecular formula is C22H23N3O4S. The number of nitriles is 1. The zero-order valence-electron chi connectivity index (χ0n) is 16.9. The van der Waals surface area contributed by atoms with Crippen LogP contribution in [0.1, 0.15) is 35.0 Å². The van der Waals surface area contributed by atoms with Gasteiger partial charge in [-0.2, -0.15) is 5.26 Å². The molecule has 0 aliphatic rings. The summed E-state index contributed by atoms with van der Waals surface area (Å²) >= 11 is 0. The van der Waals surface area contributed by atoms with Crippen molar-refractivity contribution < 1.29 is 17.6 Å². The van der Waals surface area contributed by atoms with Gasteiger partial charge in [0.25, 0.3) is 5.91 Å². The Balaban J connectivity index is 1.77. The van der Waals surface area contributed by atoms with Crippen LogP contribution in [0.5, 0.6) is 0 Å². The van der Waals surface area contributed by atoms with Gasteiger partial charge < -0.3 is 9.32 Å². The number of amides is 1. The van der Waals surface area contributed by atoms with Crippen LogP contribution in [0, 0.1) is 11.3 Å². The molecule has 2 aromatic carbocycles. The number of benzene rings is 2. The minimum atomic E-state index is -3.71. The van der Waals surface area contributed by atoms with Crippen molar-refractivity contribution in [1.29, 1.82) is 5.26 Å². The monoisotopic (exact) mass is 425 g/mol. The van der Waals surface area contributed by atoms with Crippen LogP contribution < -0.4 is 4.72 Å². The third kappa shape index (κ3) is 4.53. The van der Waals surface area contributed by atoms with Crippen molar-refractivity contribution in [2.45, 2.75) is 31.2 Å². The average Bonchev–Trinajstić information content (AvgIpc) is 3.11. The summed E-state index contributed by atoms with van der Waals surface area (Å²) in [5, 5.41) is 9.52. The lowest BCUT2D eigenvalue weighted by Gasteiger charge is -2.18. The maximum absolute atomic E-state index is 12.9. The lowest BCUT2D eigenvalue weighted by atomic mass is 10.1. The van der Waals surface area contributed by atoms with E-state index in [4.69, 9.17) is 9.68 Å². The standard InChI is InChI=1S/C22H23N3O4S/c1-3-20-19(18-7-4-5-8-21(18)29-20)15-25(2)22(26)16-9-11-17(12-10-16)30(27,28)24-14-6-13-23/h4-5,7-12,24H,3,6,14-15H2,1-2H3. The molecule has 0 atom stereocenters. The van der Waals surface area contributed by atoms with E-state index >= 15 is 0 Å². The summed E-state index contributed by atoms with van der Waals surface area (Å²) in [6.07, 6.45) is 0.806. The summed E-state index contributed by atoms with van der Waals surface area (Å²) in [6.45, 7) is 2.43. The van der Waals surface area contributed by atoms with Gasteiger partial charge in [0.2, 0.25) is 10.0 Å². The summed E-state index contributed by atoms with van der Waals surface area (Å²) in [5.74, 6) is 0.629. The minimum absolute atomic E-state index is 0.0423. The van der Waals surface area contributed by atoms with Crippen molar-refractivity contribution in [3.05, 3.63) is 65.4 Å². The van der Waals surface area contributed by atoms with E-state index < -0.39 is 10.0 Å². The van der Waals surface area contributed by atoms with Gasteiger partial charge in [-0.05, 0) is 30.3 Å². The van der Waals surface area contributed by atoms with Crippen molar-refractivity contribution in [1.82, 2.24) is 9.62 Å². The Labute approximate surface area is 176 Å². The molecule has 0 saturated carbocycles. The Morgan fingerprint density at radius 3 is 2.53 bits per heavy atom. The molecule has 0 bridgehead atoms. The van der Waals surface area contributed by atoms with E-state index in [9.17, 15) is 13.2 Å². The van der Waals surface area contributed by atoms with Crippen molar-refractivity contribution in [3.63, 3.8) is 0 Å². The van der Waals surface area contributed by atoms with Crippen molar-refractivity contribution in [2.24, 2.45) is 0 Å². The molecule has 3 aromatic rings. The van der Waals surface area contributed by atoms with Gasteiger partial charge in [-0.25, -0.2) is 13.1 Å². The van der Waals surface area contributed by atoms with Crippen LogP contribution in [0.15, 0.2) is 57.8 Å². The molecule has 1 amide bonds. The molecule has 0 unspecified atom stereocenters. The van der Waals surface area contributed by atoms with Crippen LogP contribution in [0.3, 0.4) is 0 Å². The molecule has 30 heavy (non-hydrogen) atoms. The first-order valence-electron chi connectivity index (χ1n) is 9.58. The molecule has 0 fully saturated rings. The summed E-state index contributed by atoms with van der Waals surface area (Å²) in [6, 6.07) is 15.4. The van der Waals surface area contributed by atoms with Crippen LogP contribution in [0.4, 0.5) is 0 Å². The minimum Gasteiger partial charge on any atom is -0.461 e. The van der Waals surface area contributed by atoms with Gasteiger partial charge in [0.1, 0.15) is 11.3 Å². The molecule has 0 radical (unpaired) electrons. The van der Waals surface area contributed by atoms with Gasteiger partial charge in [-0.1, -0.05) is 25.1 Å². The summed E-state index contributed by atoms with van der Waals surface area (Å²) < 4.78 is 32.7. The number of sulfonamides is 1. The Morgan fingerprint density at radius 2 is 1.87 bits per heavy atom. The number of rotatable bonds is 8. The van der Waals surface area contributed by atoms with E-state index in [0.29, 0.717) is 12.1 Å². The van der Waals surface area contributed by atoms with E-state index in [2.05, 4.69) is 4.72 Å². The third-order valence-corrected chi connectivity index (χ3v) is 6.26. The largest absolute Gasteiger partial charge is 0.461 e. The molecule has 1 heterocycles. The summed E-state index contributed by atoms with van der Waals surface area (Å²) in [4.78, 5) is 14.5. The van der Waals surface area contributed by atoms with Gasteiger partial charge in [0.15, 0.2) is 0 Å². The Bertz CT molecular complexity index is 1190. The van der Waals surface area contributed by atoms with Gasteiger partial charge in [0.05, 0.1) is 11.0 Å². The van der Waals surface area contributed by atoms with E-state index in [1.807, 2.05) is 37.3 Å². The number of hydrogen-bond acceptors (Lipinski definition) is 5. The third-order valence-electron chi connectivity index (χ3n) is 4.79. The lowest BCUT2D eigenvalue weighted by Crippen LogP contribution is -2.27. The molecule has 0 aliphatic heterocycles. The molecule has 156 valence electrons. The van der Waals surface area contributed by atoms with Crippen molar-refractivity contribution >= 4 is 26.9 Å². The van der Waals surface area contributed by atoms with E-state index in [1.54, 1.807) is 11.9 Å². The summed E-state index contributed by atoms with van der Waals surface area (Å²) in [5.41, 5.74) is 2.16. The highest BCUT2D eigenvalue weighted by Gasteiger charge is 2.19. The van der Waals surface area contributed by atoms with Gasteiger partial charge in [-0.3, -0.25) is 4.79 Å². The highest BCUT2D eigenvalue weighted by Crippen LogP contribution is 2.27. The first-order valence-corrected chi connectivity index (χ1v) is 11.1. The molecule has 0 spiro atoms. The Hall–Kier alpha value is -3.15. The molecule has 0 aliphatic carbocycles. The van der Waals surface area contributed by atoms with E-state index in [-0.39, 0.29) is 23.8 Å². The molecule has 0 saturated heterocycles. The fourth-order valence-corrected chi connectivity index (χ4v) is 4.27. The maximum atomic E-state index is 12.9. The van der Waals surface area contributed by atoms with Gasteiger partial charge >= 0.3 is 0 Å². The normalized spacial score (nSPS) is 11.4. The molecule has 8 heteroatoms. The zero-order chi connectivity index (χ0) is 21.7. The topological polar surface area (TPSA) is 103 Å². The zero-order valence-corrected chi connectivity index (χ0v) is 17.7. The molecule has 1 N–H and O–H groups in total. The number of nitrogens with one attached hydrogen (secondary N) is 1. The predicted octanol–water partition coefficient (Wildman–Crippen LogP) is 3.46. The number of furan rings is 1. The number of carbonyl (C=O) groups excluding carboxylic acids is 1. The predicted molar refractivity (Wildman–Crippen MR) is 113 cm³/mol. The highest BCUT2D eigenvalue weighted by atomic mass is 32.2. The second kappa shape index (κ2) is 9.11. The Kier molecular flexibility index (Phi) is 6.55. The van der Waals surface area contributed by atoms with E-state index in [0.717, 1.165) is 28.7 Å². The number of nitrogens with zero attached hydrogens (tertiary/aromatic N) is 2. The molecule has 7 nitrogen and oxygen atoms in total. The van der Waals surface area contributed by atoms with E-state index in [1.165, 1.54) is 24.3 Å². The van der Waals surface area contributed by atoms with Crippen LogP contribution in [-0.4, -0.2) is 32.8 Å². The lowest BCUT2D eigenvalue weighted by molar-refractivity contribution is 0.0785. The molecule has 3 rings (SSSR count). The Morgan fingerprint density at radius 1 is 1.17 bits per heavy atom. The maximum Gasteiger partial charge on any atom is 0.253 e. The smallest absolute Gasteiger partial charge is 0.253 e. The van der Waals surface area contributed by atoms with Crippen LogP contribution in [0.2, 0.25) is 0 Å². The van der Waals surface area contributed by atoms with Crippen LogP contribution >= 0.6 is 0 Å². The quantitative estimate of drug-likeness (QED) is 0.557. The fraction of sp³-hybridized carbons (Fsp3) is 0.273. The summed E-state index contributed by atoms with van der Waals surface area (Å²) in [7, 11) is -2.00. The number of carbonyl (C=O) groups is 1. The number of fused-ring (bicyclic) bond motifs is 1. The van der Waals surface area contributed by atoms with Gasteiger partial charge in [0, 0.05) is 49.5 Å².